The van der Waals surface area contributed by atoms with Crippen molar-refractivity contribution < 1.29 is 23.8 Å². The number of benzene rings is 2. The average molecular weight is 417 g/mol. The van der Waals surface area contributed by atoms with Crippen molar-refractivity contribution >= 4 is 29.1 Å². The molecule has 2 aliphatic rings. The van der Waals surface area contributed by atoms with Crippen molar-refractivity contribution in [1.29, 1.82) is 0 Å². The van der Waals surface area contributed by atoms with Gasteiger partial charge in [-0.05, 0) is 42.8 Å². The number of hydrogen-bond donors (Lipinski definition) is 1. The molecule has 0 saturated carbocycles. The van der Waals surface area contributed by atoms with Crippen LogP contribution in [0.15, 0.2) is 36.4 Å². The minimum atomic E-state index is -0.191. The van der Waals surface area contributed by atoms with Gasteiger partial charge < -0.3 is 24.4 Å². The maximum absolute atomic E-state index is 12.7. The number of halogens is 1. The number of rotatable bonds is 5. The fourth-order valence-corrected chi connectivity index (χ4v) is 3.51. The third-order valence-electron chi connectivity index (χ3n) is 4.77. The lowest BCUT2D eigenvalue weighted by Crippen LogP contribution is -2.42. The minimum Gasteiger partial charge on any atom is -0.487 e. The lowest BCUT2D eigenvalue weighted by atomic mass is 10.1. The lowest BCUT2D eigenvalue weighted by molar-refractivity contribution is -0.125. The van der Waals surface area contributed by atoms with Crippen LogP contribution in [0.1, 0.15) is 25.3 Å². The van der Waals surface area contributed by atoms with Crippen molar-refractivity contribution in [3.05, 3.63) is 47.0 Å². The molecule has 1 N–H and O–H groups in total. The Morgan fingerprint density at radius 1 is 1.10 bits per heavy atom. The topological polar surface area (TPSA) is 77.1 Å². The van der Waals surface area contributed by atoms with Crippen molar-refractivity contribution in [1.82, 2.24) is 5.32 Å². The number of carbonyl (C=O) groups is 2. The van der Waals surface area contributed by atoms with Gasteiger partial charge in [-0.25, -0.2) is 0 Å². The van der Waals surface area contributed by atoms with Gasteiger partial charge in [0.1, 0.15) is 11.9 Å². The summed E-state index contributed by atoms with van der Waals surface area (Å²) in [5, 5.41) is 3.36. The largest absolute Gasteiger partial charge is 0.487 e. The number of nitrogens with one attached hydrogen (secondary N) is 1. The fourth-order valence-electron chi connectivity index (χ4n) is 3.34. The van der Waals surface area contributed by atoms with Gasteiger partial charge in [-0.15, -0.1) is 0 Å². The second-order valence-electron chi connectivity index (χ2n) is 7.01. The molecule has 0 saturated heterocycles. The lowest BCUT2D eigenvalue weighted by Gasteiger charge is -2.33. The van der Waals surface area contributed by atoms with Crippen molar-refractivity contribution in [3.63, 3.8) is 0 Å². The van der Waals surface area contributed by atoms with Crippen LogP contribution in [0, 0.1) is 0 Å². The predicted octanol–water partition coefficient (Wildman–Crippen LogP) is 3.28. The van der Waals surface area contributed by atoms with Crippen LogP contribution >= 0.6 is 11.6 Å². The van der Waals surface area contributed by atoms with Gasteiger partial charge in [-0.3, -0.25) is 9.59 Å². The van der Waals surface area contributed by atoms with Crippen molar-refractivity contribution in [2.24, 2.45) is 0 Å². The highest BCUT2D eigenvalue weighted by Gasteiger charge is 2.28. The van der Waals surface area contributed by atoms with Crippen LogP contribution in [0.25, 0.3) is 0 Å². The van der Waals surface area contributed by atoms with E-state index in [9.17, 15) is 9.59 Å². The molecule has 2 aromatic rings. The Bertz CT molecular complexity index is 949. The molecule has 0 aliphatic carbocycles. The van der Waals surface area contributed by atoms with E-state index < -0.39 is 0 Å². The van der Waals surface area contributed by atoms with Gasteiger partial charge in [0.05, 0.1) is 12.2 Å². The number of amides is 2. The smallest absolute Gasteiger partial charge is 0.231 e. The molecule has 2 aliphatic heterocycles. The Hall–Kier alpha value is -2.93. The normalized spacial score (nSPS) is 16.8. The van der Waals surface area contributed by atoms with Gasteiger partial charge >= 0.3 is 0 Å². The molecule has 0 fully saturated rings. The Morgan fingerprint density at radius 3 is 2.76 bits per heavy atom. The third-order valence-corrected chi connectivity index (χ3v) is 5.01. The first-order valence-corrected chi connectivity index (χ1v) is 9.79. The van der Waals surface area contributed by atoms with E-state index in [1.54, 1.807) is 23.1 Å². The van der Waals surface area contributed by atoms with Crippen molar-refractivity contribution in [3.8, 4) is 17.2 Å². The Morgan fingerprint density at radius 2 is 1.90 bits per heavy atom. The second kappa shape index (κ2) is 8.21. The number of ether oxygens (including phenoxy) is 3. The number of hydrogen-bond acceptors (Lipinski definition) is 5. The summed E-state index contributed by atoms with van der Waals surface area (Å²) in [4.78, 5) is 26.6. The van der Waals surface area contributed by atoms with Gasteiger partial charge in [-0.1, -0.05) is 17.7 Å². The summed E-state index contributed by atoms with van der Waals surface area (Å²) in [6, 6.07) is 10.7. The zero-order valence-corrected chi connectivity index (χ0v) is 16.7. The zero-order valence-electron chi connectivity index (χ0n) is 15.9. The molecule has 4 rings (SSSR count). The summed E-state index contributed by atoms with van der Waals surface area (Å²) in [6.07, 6.45) is 0.0730. The predicted molar refractivity (Wildman–Crippen MR) is 108 cm³/mol. The summed E-state index contributed by atoms with van der Waals surface area (Å²) in [7, 11) is 0. The highest BCUT2D eigenvalue weighted by Crippen LogP contribution is 2.36. The monoisotopic (exact) mass is 416 g/mol. The van der Waals surface area contributed by atoms with E-state index in [4.69, 9.17) is 25.8 Å². The zero-order chi connectivity index (χ0) is 20.4. The SMILES string of the molecule is C[C@@H]1CN(C(=O)CCC(=O)NCc2ccc3c(c2)OCO3)c2cc(Cl)ccc2O1. The Labute approximate surface area is 173 Å². The number of carbonyl (C=O) groups excluding carboxylic acids is 2. The van der Waals surface area contributed by atoms with Crippen LogP contribution in [-0.2, 0) is 16.1 Å². The molecule has 8 heteroatoms. The van der Waals surface area contributed by atoms with E-state index in [-0.39, 0.29) is 37.6 Å². The first-order valence-electron chi connectivity index (χ1n) is 9.41. The molecule has 0 radical (unpaired) electrons. The maximum atomic E-state index is 12.7. The molecule has 29 heavy (non-hydrogen) atoms. The number of anilines is 1. The molecular formula is C21H21ClN2O5. The summed E-state index contributed by atoms with van der Waals surface area (Å²) in [5.74, 6) is 1.66. The summed E-state index contributed by atoms with van der Waals surface area (Å²) in [6.45, 7) is 2.89. The number of nitrogens with zero attached hydrogens (tertiary/aromatic N) is 1. The van der Waals surface area contributed by atoms with Crippen molar-refractivity contribution in [2.75, 3.05) is 18.2 Å². The first kappa shape index (κ1) is 19.4. The van der Waals surface area contributed by atoms with E-state index in [1.165, 1.54) is 0 Å². The highest BCUT2D eigenvalue weighted by molar-refractivity contribution is 6.31. The quantitative estimate of drug-likeness (QED) is 0.809. The molecule has 0 unspecified atom stereocenters. The molecule has 2 amide bonds. The van der Waals surface area contributed by atoms with Crippen LogP contribution in [0.4, 0.5) is 5.69 Å². The van der Waals surface area contributed by atoms with Crippen LogP contribution in [-0.4, -0.2) is 31.3 Å². The molecule has 2 aromatic carbocycles. The van der Waals surface area contributed by atoms with E-state index >= 15 is 0 Å². The molecule has 0 spiro atoms. The third kappa shape index (κ3) is 4.40. The van der Waals surface area contributed by atoms with Crippen LogP contribution in [0.5, 0.6) is 17.2 Å². The summed E-state index contributed by atoms with van der Waals surface area (Å²) < 4.78 is 16.4. The van der Waals surface area contributed by atoms with Crippen LogP contribution < -0.4 is 24.4 Å². The van der Waals surface area contributed by atoms with Gasteiger partial charge in [0.15, 0.2) is 11.5 Å². The fraction of sp³-hybridized carbons (Fsp3) is 0.333. The second-order valence-corrected chi connectivity index (χ2v) is 7.45. The minimum absolute atomic E-state index is 0.102. The molecule has 0 aromatic heterocycles. The summed E-state index contributed by atoms with van der Waals surface area (Å²) >= 11 is 6.07. The average Bonchev–Trinajstić information content (AvgIpc) is 3.18. The number of fused-ring (bicyclic) bond motifs is 2. The van der Waals surface area contributed by atoms with Gasteiger partial charge in [0, 0.05) is 24.4 Å². The van der Waals surface area contributed by atoms with Gasteiger partial charge in [-0.2, -0.15) is 0 Å². The van der Waals surface area contributed by atoms with E-state index in [2.05, 4.69) is 5.32 Å². The van der Waals surface area contributed by atoms with E-state index in [1.807, 2.05) is 25.1 Å². The first-order chi connectivity index (χ1) is 14.0. The highest BCUT2D eigenvalue weighted by atomic mass is 35.5. The molecule has 2 heterocycles. The molecule has 152 valence electrons. The van der Waals surface area contributed by atoms with Crippen molar-refractivity contribution in [2.45, 2.75) is 32.4 Å². The molecule has 0 bridgehead atoms. The van der Waals surface area contributed by atoms with E-state index in [0.717, 1.165) is 5.56 Å². The maximum Gasteiger partial charge on any atom is 0.231 e. The molecule has 1 atom stereocenters. The molecule has 7 nitrogen and oxygen atoms in total. The standard InChI is InChI=1S/C21H21ClN2O5/c1-13-11-24(16-9-15(22)3-5-17(16)29-13)21(26)7-6-20(25)23-10-14-2-4-18-19(8-14)28-12-27-18/h2-5,8-9,13H,6-7,10-12H2,1H3,(H,23,25)/t13-/m1/s1. The van der Waals surface area contributed by atoms with Crippen LogP contribution in [0.2, 0.25) is 5.02 Å². The molecular weight excluding hydrogens is 396 g/mol. The van der Waals surface area contributed by atoms with E-state index in [0.29, 0.717) is 41.0 Å². The van der Waals surface area contributed by atoms with Crippen LogP contribution in [0.3, 0.4) is 0 Å². The Balaban J connectivity index is 1.31. The van der Waals surface area contributed by atoms with Gasteiger partial charge in [0.2, 0.25) is 18.6 Å². The summed E-state index contributed by atoms with van der Waals surface area (Å²) in [5.41, 5.74) is 1.54. The van der Waals surface area contributed by atoms with Gasteiger partial charge in [0.25, 0.3) is 0 Å². The Kier molecular flexibility index (Phi) is 5.49.